The van der Waals surface area contributed by atoms with Gasteiger partial charge in [0.2, 0.25) is 0 Å². The van der Waals surface area contributed by atoms with Gasteiger partial charge in [-0.15, -0.1) is 0 Å². The summed E-state index contributed by atoms with van der Waals surface area (Å²) in [5, 5.41) is 3.59. The van der Waals surface area contributed by atoms with E-state index in [1.165, 1.54) is 7.11 Å². The highest BCUT2D eigenvalue weighted by molar-refractivity contribution is 5.97. The molecular formula is C22H24N2O4. The highest BCUT2D eigenvalue weighted by Crippen LogP contribution is 2.36. The van der Waals surface area contributed by atoms with Crippen LogP contribution in [0, 0.1) is 0 Å². The summed E-state index contributed by atoms with van der Waals surface area (Å²) in [7, 11) is 1.30. The largest absolute Gasteiger partial charge is 0.467 e. The SMILES string of the molecule is COC(=O)[C@@](NC(=O)OC(C)(C)C)(c1ccccc1)c1c[nH]c2ccccc12. The molecule has 0 spiro atoms. The van der Waals surface area contributed by atoms with E-state index in [1.54, 1.807) is 51.2 Å². The van der Waals surface area contributed by atoms with Gasteiger partial charge >= 0.3 is 12.1 Å². The van der Waals surface area contributed by atoms with Gasteiger partial charge in [-0.05, 0) is 32.4 Å². The van der Waals surface area contributed by atoms with Crippen molar-refractivity contribution in [3.8, 4) is 0 Å². The fourth-order valence-corrected chi connectivity index (χ4v) is 3.25. The van der Waals surface area contributed by atoms with Crippen molar-refractivity contribution < 1.29 is 19.1 Å². The lowest BCUT2D eigenvalue weighted by molar-refractivity contribution is -0.147. The first kappa shape index (κ1) is 19.5. The van der Waals surface area contributed by atoms with Gasteiger partial charge in [0.15, 0.2) is 5.54 Å². The molecule has 0 aliphatic rings. The maximum absolute atomic E-state index is 13.2. The quantitative estimate of drug-likeness (QED) is 0.668. The molecule has 0 radical (unpaired) electrons. The van der Waals surface area contributed by atoms with E-state index in [1.807, 2.05) is 30.3 Å². The Labute approximate surface area is 163 Å². The average Bonchev–Trinajstić information content (AvgIpc) is 3.09. The number of aromatic amines is 1. The molecule has 6 heteroatoms. The van der Waals surface area contributed by atoms with Crippen LogP contribution in [-0.4, -0.2) is 29.8 Å². The summed E-state index contributed by atoms with van der Waals surface area (Å²) in [6, 6.07) is 16.6. The maximum atomic E-state index is 13.2. The Bertz CT molecular complexity index is 988. The van der Waals surface area contributed by atoms with Gasteiger partial charge in [0.1, 0.15) is 5.60 Å². The summed E-state index contributed by atoms with van der Waals surface area (Å²) in [5.74, 6) is -0.616. The van der Waals surface area contributed by atoms with Crippen LogP contribution in [0.1, 0.15) is 31.9 Å². The van der Waals surface area contributed by atoms with E-state index in [2.05, 4.69) is 10.3 Å². The number of aromatic nitrogens is 1. The Hall–Kier alpha value is -3.28. The van der Waals surface area contributed by atoms with Gasteiger partial charge in [-0.25, -0.2) is 9.59 Å². The standard InChI is InChI=1S/C22H24N2O4/c1-21(2,3)28-20(26)24-22(19(25)27-4,15-10-6-5-7-11-15)17-14-23-18-13-9-8-12-16(17)18/h5-14,23H,1-4H3,(H,24,26)/t22-/m1/s1. The minimum atomic E-state index is -1.57. The molecule has 6 nitrogen and oxygen atoms in total. The third kappa shape index (κ3) is 3.58. The summed E-state index contributed by atoms with van der Waals surface area (Å²) in [4.78, 5) is 29.1. The van der Waals surface area contributed by atoms with Gasteiger partial charge in [0.05, 0.1) is 7.11 Å². The number of esters is 1. The third-order valence-corrected chi connectivity index (χ3v) is 4.38. The van der Waals surface area contributed by atoms with Gasteiger partial charge in [0, 0.05) is 22.7 Å². The topological polar surface area (TPSA) is 80.4 Å². The second-order valence-corrected chi connectivity index (χ2v) is 7.48. The predicted octanol–water partition coefficient (Wildman–Crippen LogP) is 4.11. The molecule has 0 saturated carbocycles. The van der Waals surface area contributed by atoms with Crippen molar-refractivity contribution in [3.05, 3.63) is 71.9 Å². The number of alkyl carbamates (subject to hydrolysis) is 1. The second kappa shape index (κ2) is 7.38. The number of para-hydroxylation sites is 1. The number of benzene rings is 2. The van der Waals surface area contributed by atoms with Crippen LogP contribution in [0.25, 0.3) is 10.9 Å². The highest BCUT2D eigenvalue weighted by Gasteiger charge is 2.47. The Morgan fingerprint density at radius 3 is 2.25 bits per heavy atom. The molecule has 1 atom stereocenters. The van der Waals surface area contributed by atoms with E-state index in [4.69, 9.17) is 9.47 Å². The summed E-state index contributed by atoms with van der Waals surface area (Å²) in [6.07, 6.45) is 0.999. The zero-order valence-corrected chi connectivity index (χ0v) is 16.4. The van der Waals surface area contributed by atoms with Crippen molar-refractivity contribution in [1.29, 1.82) is 0 Å². The Kier molecular flexibility index (Phi) is 5.14. The number of H-pyrrole nitrogens is 1. The van der Waals surface area contributed by atoms with Crippen LogP contribution in [0.3, 0.4) is 0 Å². The average molecular weight is 380 g/mol. The fourth-order valence-electron chi connectivity index (χ4n) is 3.25. The van der Waals surface area contributed by atoms with E-state index in [9.17, 15) is 9.59 Å². The summed E-state index contributed by atoms with van der Waals surface area (Å²) < 4.78 is 10.6. The molecule has 1 amide bonds. The number of carbonyl (C=O) groups is 2. The molecule has 1 aromatic heterocycles. The molecule has 0 aliphatic heterocycles. The fraction of sp³-hybridized carbons (Fsp3) is 0.273. The Morgan fingerprint density at radius 1 is 0.964 bits per heavy atom. The van der Waals surface area contributed by atoms with Gasteiger partial charge in [-0.2, -0.15) is 0 Å². The summed E-state index contributed by atoms with van der Waals surface area (Å²) >= 11 is 0. The number of fused-ring (bicyclic) bond motifs is 1. The van der Waals surface area contributed by atoms with Crippen LogP contribution in [0.5, 0.6) is 0 Å². The lowest BCUT2D eigenvalue weighted by atomic mass is 9.82. The molecule has 2 N–H and O–H groups in total. The number of methoxy groups -OCH3 is 1. The van der Waals surface area contributed by atoms with E-state index in [0.717, 1.165) is 10.9 Å². The number of hydrogen-bond donors (Lipinski definition) is 2. The number of amides is 1. The number of carbonyl (C=O) groups excluding carboxylic acids is 2. The van der Waals surface area contributed by atoms with Crippen LogP contribution in [-0.2, 0) is 19.8 Å². The molecular weight excluding hydrogens is 356 g/mol. The first-order valence-corrected chi connectivity index (χ1v) is 8.99. The molecule has 0 saturated heterocycles. The van der Waals surface area contributed by atoms with Gasteiger partial charge in [-0.1, -0.05) is 48.5 Å². The molecule has 28 heavy (non-hydrogen) atoms. The first-order valence-electron chi connectivity index (χ1n) is 8.99. The van der Waals surface area contributed by atoms with Crippen molar-refractivity contribution >= 4 is 23.0 Å². The molecule has 0 unspecified atom stereocenters. The number of hydrogen-bond acceptors (Lipinski definition) is 4. The summed E-state index contributed by atoms with van der Waals surface area (Å²) in [6.45, 7) is 5.29. The van der Waals surface area contributed by atoms with Crippen molar-refractivity contribution in [2.75, 3.05) is 7.11 Å². The van der Waals surface area contributed by atoms with Crippen LogP contribution in [0.2, 0.25) is 0 Å². The van der Waals surface area contributed by atoms with E-state index < -0.39 is 23.2 Å². The number of nitrogens with one attached hydrogen (secondary N) is 2. The van der Waals surface area contributed by atoms with Crippen molar-refractivity contribution in [3.63, 3.8) is 0 Å². The van der Waals surface area contributed by atoms with E-state index in [-0.39, 0.29) is 0 Å². The Morgan fingerprint density at radius 2 is 1.61 bits per heavy atom. The monoisotopic (exact) mass is 380 g/mol. The molecule has 0 fully saturated rings. The highest BCUT2D eigenvalue weighted by atomic mass is 16.6. The zero-order chi connectivity index (χ0) is 20.4. The molecule has 3 rings (SSSR count). The second-order valence-electron chi connectivity index (χ2n) is 7.48. The number of ether oxygens (including phenoxy) is 2. The first-order chi connectivity index (χ1) is 13.3. The minimum Gasteiger partial charge on any atom is -0.467 e. The molecule has 146 valence electrons. The predicted molar refractivity (Wildman–Crippen MR) is 107 cm³/mol. The molecule has 0 aliphatic carbocycles. The van der Waals surface area contributed by atoms with Crippen LogP contribution in [0.15, 0.2) is 60.8 Å². The van der Waals surface area contributed by atoms with E-state index >= 15 is 0 Å². The molecule has 0 bridgehead atoms. The third-order valence-electron chi connectivity index (χ3n) is 4.38. The summed E-state index contributed by atoms with van der Waals surface area (Å²) in [5.41, 5.74) is -0.307. The van der Waals surface area contributed by atoms with Crippen molar-refractivity contribution in [2.24, 2.45) is 0 Å². The maximum Gasteiger partial charge on any atom is 0.409 e. The van der Waals surface area contributed by atoms with Crippen LogP contribution >= 0.6 is 0 Å². The molecule has 2 aromatic carbocycles. The zero-order valence-electron chi connectivity index (χ0n) is 16.4. The normalized spacial score (nSPS) is 13.6. The van der Waals surface area contributed by atoms with Gasteiger partial charge < -0.3 is 14.5 Å². The Balaban J connectivity index is 2.25. The van der Waals surface area contributed by atoms with Gasteiger partial charge in [0.25, 0.3) is 0 Å². The molecule has 3 aromatic rings. The van der Waals surface area contributed by atoms with Crippen LogP contribution < -0.4 is 5.32 Å². The lowest BCUT2D eigenvalue weighted by Crippen LogP contribution is -2.54. The van der Waals surface area contributed by atoms with Crippen molar-refractivity contribution in [2.45, 2.75) is 31.9 Å². The number of rotatable bonds is 4. The smallest absolute Gasteiger partial charge is 0.409 e. The van der Waals surface area contributed by atoms with E-state index in [0.29, 0.717) is 11.1 Å². The molecule has 1 heterocycles. The minimum absolute atomic E-state index is 0.567. The lowest BCUT2D eigenvalue weighted by Gasteiger charge is -2.33. The van der Waals surface area contributed by atoms with Gasteiger partial charge in [-0.3, -0.25) is 5.32 Å². The van der Waals surface area contributed by atoms with Crippen LogP contribution in [0.4, 0.5) is 4.79 Å². The van der Waals surface area contributed by atoms with Crippen molar-refractivity contribution in [1.82, 2.24) is 10.3 Å².